The van der Waals surface area contributed by atoms with E-state index in [1.807, 2.05) is 46.8 Å². The minimum atomic E-state index is -0.455. The fourth-order valence-electron chi connectivity index (χ4n) is 5.85. The quantitative estimate of drug-likeness (QED) is 0.478. The lowest BCUT2D eigenvalue weighted by molar-refractivity contribution is 0.0602. The van der Waals surface area contributed by atoms with Crippen molar-refractivity contribution in [1.82, 2.24) is 19.5 Å². The molecular weight excluding hydrogens is 492 g/mol. The van der Waals surface area contributed by atoms with E-state index in [0.717, 1.165) is 47.5 Å². The van der Waals surface area contributed by atoms with Crippen LogP contribution in [0.4, 0.5) is 5.82 Å². The fourth-order valence-corrected chi connectivity index (χ4v) is 5.85. The Kier molecular flexibility index (Phi) is 7.37. The van der Waals surface area contributed by atoms with Gasteiger partial charge in [0.15, 0.2) is 5.65 Å². The van der Waals surface area contributed by atoms with E-state index in [1.165, 1.54) is 0 Å². The number of aliphatic hydroxyl groups excluding tert-OH is 1. The number of anilines is 1. The number of β-amino-alcohol motifs (C(OH)–C–C–N with tert-alkyl or cyclic N) is 1. The number of fused-ring (bicyclic) bond motifs is 1. The molecule has 5 rings (SSSR count). The Morgan fingerprint density at radius 2 is 2.03 bits per heavy atom. The molecule has 0 saturated carbocycles. The van der Waals surface area contributed by atoms with Crippen LogP contribution in [0.3, 0.4) is 0 Å². The molecule has 0 unspecified atom stereocenters. The van der Waals surface area contributed by atoms with Gasteiger partial charge in [-0.2, -0.15) is 5.10 Å². The van der Waals surface area contributed by atoms with Crippen LogP contribution in [0.5, 0.6) is 5.75 Å². The Bertz CT molecular complexity index is 1380. The molecule has 9 heteroatoms. The van der Waals surface area contributed by atoms with Crippen molar-refractivity contribution in [2.45, 2.75) is 64.5 Å². The molecule has 2 aromatic heterocycles. The molecule has 2 aliphatic rings. The minimum Gasteiger partial charge on any atom is -0.496 e. The number of ether oxygens (including phenoxy) is 1. The number of hydrogen-bond acceptors (Lipinski definition) is 7. The zero-order valence-electron chi connectivity index (χ0n) is 23.7. The van der Waals surface area contributed by atoms with Crippen LogP contribution < -0.4 is 9.64 Å². The zero-order chi connectivity index (χ0) is 27.9. The highest BCUT2D eigenvalue weighted by Gasteiger charge is 2.34. The van der Waals surface area contributed by atoms with Crippen LogP contribution in [0.1, 0.15) is 73.3 Å². The number of aliphatic hydroxyl groups is 1. The number of rotatable bonds is 6. The van der Waals surface area contributed by atoms with Crippen molar-refractivity contribution in [3.63, 3.8) is 0 Å². The van der Waals surface area contributed by atoms with Gasteiger partial charge in [-0.05, 0) is 56.0 Å². The van der Waals surface area contributed by atoms with E-state index in [4.69, 9.17) is 14.8 Å². The van der Waals surface area contributed by atoms with Crippen LogP contribution in [0, 0.1) is 12.8 Å². The summed E-state index contributed by atoms with van der Waals surface area (Å²) in [5, 5.41) is 15.4. The van der Waals surface area contributed by atoms with Crippen LogP contribution in [-0.4, -0.2) is 76.6 Å². The van der Waals surface area contributed by atoms with Gasteiger partial charge in [-0.15, -0.1) is 0 Å². The Hall–Kier alpha value is -3.46. The van der Waals surface area contributed by atoms with E-state index in [2.05, 4.69) is 37.4 Å². The molecule has 0 radical (unpaired) electrons. The standard InChI is InChI=1S/C30H40N6O3/c1-19-16-36-27(32-28(19)34-17-20(15-31-5)25(37)18-34)14-23(33-36)24-9-7-8-12-35(24)29(38)22-13-21(30(2,3)4)10-11-26(22)39-6/h10-11,13-14,16,20,24-25,37H,5,7-9,12,15,17-18H2,1-4,6H3/t20-,24+,25+/m1/s1. The Balaban J connectivity index is 1.46. The van der Waals surface area contributed by atoms with Crippen molar-refractivity contribution in [3.8, 4) is 5.75 Å². The van der Waals surface area contributed by atoms with Gasteiger partial charge >= 0.3 is 0 Å². The maximum absolute atomic E-state index is 14.0. The Morgan fingerprint density at radius 1 is 1.23 bits per heavy atom. The molecule has 2 fully saturated rings. The molecule has 4 heterocycles. The number of aliphatic imine (C=N–C) groups is 1. The van der Waals surface area contributed by atoms with Gasteiger partial charge in [-0.25, -0.2) is 9.50 Å². The average Bonchev–Trinajstić information content (AvgIpc) is 3.49. The van der Waals surface area contributed by atoms with E-state index < -0.39 is 6.10 Å². The lowest BCUT2D eigenvalue weighted by atomic mass is 9.85. The molecule has 39 heavy (non-hydrogen) atoms. The van der Waals surface area contributed by atoms with Gasteiger partial charge in [0.05, 0.1) is 30.5 Å². The normalized spacial score (nSPS) is 21.9. The molecule has 3 aromatic rings. The molecule has 1 aromatic carbocycles. The summed E-state index contributed by atoms with van der Waals surface area (Å²) in [7, 11) is 1.61. The number of hydrogen-bond donors (Lipinski definition) is 1. The van der Waals surface area contributed by atoms with Crippen molar-refractivity contribution in [3.05, 3.63) is 52.8 Å². The molecule has 1 amide bonds. The summed E-state index contributed by atoms with van der Waals surface area (Å²) in [5.41, 5.74) is 4.16. The smallest absolute Gasteiger partial charge is 0.258 e. The summed E-state index contributed by atoms with van der Waals surface area (Å²) in [5.74, 6) is 1.46. The molecule has 208 valence electrons. The van der Waals surface area contributed by atoms with Gasteiger partial charge in [0, 0.05) is 49.9 Å². The molecule has 3 atom stereocenters. The molecule has 1 N–H and O–H groups in total. The van der Waals surface area contributed by atoms with Gasteiger partial charge in [-0.3, -0.25) is 4.79 Å². The summed E-state index contributed by atoms with van der Waals surface area (Å²) in [4.78, 5) is 27.0. The number of piperidine rings is 1. The lowest BCUT2D eigenvalue weighted by Gasteiger charge is -2.35. The van der Waals surface area contributed by atoms with Gasteiger partial charge < -0.3 is 24.6 Å². The number of aromatic nitrogens is 3. The summed E-state index contributed by atoms with van der Waals surface area (Å²) in [6.07, 6.45) is 4.36. The molecular formula is C30H40N6O3. The highest BCUT2D eigenvalue weighted by atomic mass is 16.5. The minimum absolute atomic E-state index is 0.0301. The monoisotopic (exact) mass is 532 g/mol. The topological polar surface area (TPSA) is 95.6 Å². The predicted molar refractivity (Wildman–Crippen MR) is 153 cm³/mol. The second kappa shape index (κ2) is 10.6. The van der Waals surface area contributed by atoms with E-state index in [-0.39, 0.29) is 23.3 Å². The van der Waals surface area contributed by atoms with Crippen molar-refractivity contribution < 1.29 is 14.6 Å². The number of carbonyl (C=O) groups is 1. The van der Waals surface area contributed by atoms with E-state index in [0.29, 0.717) is 37.5 Å². The Labute approximate surface area is 230 Å². The van der Waals surface area contributed by atoms with E-state index in [1.54, 1.807) is 7.11 Å². The van der Waals surface area contributed by atoms with Crippen LogP contribution in [0.2, 0.25) is 0 Å². The molecule has 2 aliphatic heterocycles. The van der Waals surface area contributed by atoms with Gasteiger partial charge in [0.1, 0.15) is 11.6 Å². The molecule has 2 saturated heterocycles. The van der Waals surface area contributed by atoms with Crippen LogP contribution in [0.15, 0.2) is 35.5 Å². The first-order valence-electron chi connectivity index (χ1n) is 13.8. The first-order valence-corrected chi connectivity index (χ1v) is 13.8. The van der Waals surface area contributed by atoms with Crippen LogP contribution in [-0.2, 0) is 5.41 Å². The zero-order valence-corrected chi connectivity index (χ0v) is 23.7. The van der Waals surface area contributed by atoms with E-state index >= 15 is 0 Å². The average molecular weight is 533 g/mol. The summed E-state index contributed by atoms with van der Waals surface area (Å²) in [6, 6.07) is 7.77. The second-order valence-corrected chi connectivity index (χ2v) is 11.9. The fraction of sp³-hybridized carbons (Fsp3) is 0.533. The highest BCUT2D eigenvalue weighted by Crippen LogP contribution is 2.36. The number of amides is 1. The lowest BCUT2D eigenvalue weighted by Crippen LogP contribution is -2.39. The van der Waals surface area contributed by atoms with Crippen LogP contribution in [0.25, 0.3) is 5.65 Å². The number of benzene rings is 1. The van der Waals surface area contributed by atoms with Gasteiger partial charge in [0.2, 0.25) is 0 Å². The number of methoxy groups -OCH3 is 1. The molecule has 0 aliphatic carbocycles. The Morgan fingerprint density at radius 3 is 2.74 bits per heavy atom. The first kappa shape index (κ1) is 27.1. The van der Waals surface area contributed by atoms with E-state index in [9.17, 15) is 9.90 Å². The summed E-state index contributed by atoms with van der Waals surface area (Å²) in [6.45, 7) is 14.4. The largest absolute Gasteiger partial charge is 0.496 e. The number of aryl methyl sites for hydroxylation is 1. The van der Waals surface area contributed by atoms with Crippen molar-refractivity contribution >= 4 is 24.1 Å². The SMILES string of the molecule is C=NC[C@@H]1CN(c2nc3cc([C@@H]4CCCCN4C(=O)c4cc(C(C)(C)C)ccc4OC)nn3cc2C)C[C@@H]1O. The van der Waals surface area contributed by atoms with Crippen molar-refractivity contribution in [1.29, 1.82) is 0 Å². The third-order valence-corrected chi connectivity index (χ3v) is 8.09. The number of carbonyl (C=O) groups excluding carboxylic acids is 1. The third-order valence-electron chi connectivity index (χ3n) is 8.09. The highest BCUT2D eigenvalue weighted by molar-refractivity contribution is 5.97. The third kappa shape index (κ3) is 5.24. The second-order valence-electron chi connectivity index (χ2n) is 11.9. The molecule has 0 spiro atoms. The maximum atomic E-state index is 14.0. The summed E-state index contributed by atoms with van der Waals surface area (Å²) < 4.78 is 7.42. The van der Waals surface area contributed by atoms with Gasteiger partial charge in [0.25, 0.3) is 5.91 Å². The van der Waals surface area contributed by atoms with Crippen molar-refractivity contribution in [2.24, 2.45) is 10.9 Å². The van der Waals surface area contributed by atoms with Gasteiger partial charge in [-0.1, -0.05) is 26.8 Å². The predicted octanol–water partition coefficient (Wildman–Crippen LogP) is 4.21. The number of likely N-dealkylation sites (tertiary alicyclic amines) is 1. The van der Waals surface area contributed by atoms with Crippen molar-refractivity contribution in [2.75, 3.05) is 38.2 Å². The summed E-state index contributed by atoms with van der Waals surface area (Å²) >= 11 is 0. The first-order chi connectivity index (χ1) is 18.6. The molecule has 9 nitrogen and oxygen atoms in total. The number of nitrogens with zero attached hydrogens (tertiary/aromatic N) is 6. The molecule has 0 bridgehead atoms. The maximum Gasteiger partial charge on any atom is 0.258 e. The van der Waals surface area contributed by atoms with Crippen LogP contribution >= 0.6 is 0 Å².